The van der Waals surface area contributed by atoms with Gasteiger partial charge in [0.05, 0.1) is 0 Å². The second kappa shape index (κ2) is 1.21. The molecule has 0 amide bonds. The van der Waals surface area contributed by atoms with Gasteiger partial charge in [-0.1, -0.05) is 0 Å². The second-order valence-electron chi connectivity index (χ2n) is 4.28. The van der Waals surface area contributed by atoms with Gasteiger partial charge in [0, 0.05) is 0 Å². The zero-order valence-corrected chi connectivity index (χ0v) is 5.90. The average molecular weight is 122 g/mol. The summed E-state index contributed by atoms with van der Waals surface area (Å²) >= 11 is 0. The van der Waals surface area contributed by atoms with E-state index in [1.807, 2.05) is 0 Å². The van der Waals surface area contributed by atoms with Crippen molar-refractivity contribution in [3.8, 4) is 0 Å². The molecule has 50 valence electrons. The third-order valence-electron chi connectivity index (χ3n) is 3.61. The van der Waals surface area contributed by atoms with E-state index in [2.05, 4.69) is 0 Å². The summed E-state index contributed by atoms with van der Waals surface area (Å²) in [6.07, 6.45) is 9.52. The van der Waals surface area contributed by atoms with Gasteiger partial charge in [-0.15, -0.1) is 0 Å². The molecule has 0 spiro atoms. The molecule has 0 aliphatic heterocycles. The Labute approximate surface area is 56.6 Å². The van der Waals surface area contributed by atoms with E-state index in [0.717, 1.165) is 5.41 Å². The Morgan fingerprint density at radius 3 is 1.44 bits per heavy atom. The fraction of sp³-hybridized carbons (Fsp3) is 1.00. The van der Waals surface area contributed by atoms with Crippen LogP contribution in [-0.2, 0) is 0 Å². The summed E-state index contributed by atoms with van der Waals surface area (Å²) in [5.74, 6) is 2.43. The Balaban J connectivity index is 1.82. The van der Waals surface area contributed by atoms with Crippen LogP contribution in [0.1, 0.15) is 38.5 Å². The molecule has 0 bridgehead atoms. The summed E-state index contributed by atoms with van der Waals surface area (Å²) in [4.78, 5) is 0. The van der Waals surface area contributed by atoms with Crippen LogP contribution >= 0.6 is 0 Å². The van der Waals surface area contributed by atoms with Crippen LogP contribution in [0, 0.1) is 17.3 Å². The van der Waals surface area contributed by atoms with E-state index in [0.29, 0.717) is 0 Å². The zero-order chi connectivity index (χ0) is 5.90. The maximum absolute atomic E-state index is 1.60. The van der Waals surface area contributed by atoms with E-state index < -0.39 is 0 Å². The molecule has 0 aromatic carbocycles. The predicted octanol–water partition coefficient (Wildman–Crippen LogP) is 2.59. The predicted molar refractivity (Wildman–Crippen MR) is 37.1 cm³/mol. The van der Waals surface area contributed by atoms with Crippen LogP contribution in [0.3, 0.4) is 0 Å². The fourth-order valence-electron chi connectivity index (χ4n) is 2.61. The van der Waals surface area contributed by atoms with Gasteiger partial charge in [-0.05, 0) is 55.8 Å². The minimum Gasteiger partial charge on any atom is -0.0496 e. The van der Waals surface area contributed by atoms with Gasteiger partial charge >= 0.3 is 0 Å². The molecular weight excluding hydrogens is 108 g/mol. The Morgan fingerprint density at radius 2 is 1.22 bits per heavy atom. The van der Waals surface area contributed by atoms with Crippen LogP contribution in [0.15, 0.2) is 0 Å². The van der Waals surface area contributed by atoms with E-state index in [1.54, 1.807) is 38.5 Å². The number of hydrogen-bond donors (Lipinski definition) is 0. The fourth-order valence-corrected chi connectivity index (χ4v) is 2.61. The highest BCUT2D eigenvalue weighted by Gasteiger charge is 2.60. The molecule has 3 aliphatic rings. The number of rotatable bonds is 2. The lowest BCUT2D eigenvalue weighted by atomic mass is 9.95. The van der Waals surface area contributed by atoms with Gasteiger partial charge in [0.15, 0.2) is 0 Å². The van der Waals surface area contributed by atoms with E-state index in [-0.39, 0.29) is 0 Å². The van der Waals surface area contributed by atoms with Crippen molar-refractivity contribution in [2.45, 2.75) is 38.5 Å². The summed E-state index contributed by atoms with van der Waals surface area (Å²) in [6.45, 7) is 0. The maximum atomic E-state index is 1.60. The summed E-state index contributed by atoms with van der Waals surface area (Å²) < 4.78 is 0. The van der Waals surface area contributed by atoms with Gasteiger partial charge in [0.25, 0.3) is 0 Å². The lowest BCUT2D eigenvalue weighted by Gasteiger charge is -2.10. The van der Waals surface area contributed by atoms with Gasteiger partial charge in [0.2, 0.25) is 0 Å². The van der Waals surface area contributed by atoms with Crippen molar-refractivity contribution in [3.63, 3.8) is 0 Å². The highest BCUT2D eigenvalue weighted by Crippen LogP contribution is 2.70. The second-order valence-corrected chi connectivity index (χ2v) is 4.28. The van der Waals surface area contributed by atoms with Crippen LogP contribution in [0.5, 0.6) is 0 Å². The van der Waals surface area contributed by atoms with E-state index in [4.69, 9.17) is 0 Å². The molecule has 3 rings (SSSR count). The van der Waals surface area contributed by atoms with Crippen molar-refractivity contribution >= 4 is 0 Å². The third kappa shape index (κ3) is 0.544. The molecule has 9 heavy (non-hydrogen) atoms. The third-order valence-corrected chi connectivity index (χ3v) is 3.61. The zero-order valence-electron chi connectivity index (χ0n) is 5.90. The van der Waals surface area contributed by atoms with Gasteiger partial charge in [-0.3, -0.25) is 0 Å². The quantitative estimate of drug-likeness (QED) is 0.528. The first-order valence-electron chi connectivity index (χ1n) is 4.42. The molecule has 0 heterocycles. The molecule has 0 aromatic heterocycles. The Bertz CT molecular complexity index is 122. The molecule has 0 saturated heterocycles. The molecule has 0 atom stereocenters. The van der Waals surface area contributed by atoms with Gasteiger partial charge in [0.1, 0.15) is 0 Å². The molecule has 0 unspecified atom stereocenters. The lowest BCUT2D eigenvalue weighted by molar-refractivity contribution is 0.380. The van der Waals surface area contributed by atoms with Crippen LogP contribution < -0.4 is 0 Å². The molecule has 0 N–H and O–H groups in total. The van der Waals surface area contributed by atoms with Crippen molar-refractivity contribution in [3.05, 3.63) is 0 Å². The molecule has 0 nitrogen and oxygen atoms in total. The lowest BCUT2D eigenvalue weighted by Crippen LogP contribution is -2.04. The molecule has 0 radical (unpaired) electrons. The molecule has 0 aromatic rings. The summed E-state index contributed by atoms with van der Waals surface area (Å²) in [5, 5.41) is 0. The molecule has 0 heteroatoms. The average Bonchev–Trinajstić information content (AvgIpc) is 2.67. The normalized spacial score (nSPS) is 38.7. The highest BCUT2D eigenvalue weighted by molar-refractivity contribution is 5.10. The topological polar surface area (TPSA) is 0 Å². The Morgan fingerprint density at radius 1 is 0.778 bits per heavy atom. The first kappa shape index (κ1) is 4.76. The molecule has 3 saturated carbocycles. The van der Waals surface area contributed by atoms with Crippen molar-refractivity contribution in [1.29, 1.82) is 0 Å². The van der Waals surface area contributed by atoms with Crippen molar-refractivity contribution < 1.29 is 0 Å². The van der Waals surface area contributed by atoms with E-state index >= 15 is 0 Å². The monoisotopic (exact) mass is 122 g/mol. The maximum Gasteiger partial charge on any atom is -0.0240 e. The van der Waals surface area contributed by atoms with E-state index in [1.165, 1.54) is 11.8 Å². The van der Waals surface area contributed by atoms with Gasteiger partial charge < -0.3 is 0 Å². The van der Waals surface area contributed by atoms with E-state index in [9.17, 15) is 0 Å². The van der Waals surface area contributed by atoms with Crippen LogP contribution in [0.25, 0.3) is 0 Å². The van der Waals surface area contributed by atoms with Gasteiger partial charge in [-0.25, -0.2) is 0 Å². The molecule has 3 fully saturated rings. The summed E-state index contributed by atoms with van der Waals surface area (Å²) in [5.41, 5.74) is 0.972. The summed E-state index contributed by atoms with van der Waals surface area (Å²) in [6, 6.07) is 0. The van der Waals surface area contributed by atoms with Crippen LogP contribution in [0.4, 0.5) is 0 Å². The SMILES string of the molecule is C1CC1C1(C2CC2)CC1. The highest BCUT2D eigenvalue weighted by atomic mass is 14.7. The minimum atomic E-state index is 0.972. The smallest absolute Gasteiger partial charge is 0.0240 e. The van der Waals surface area contributed by atoms with Crippen molar-refractivity contribution in [1.82, 2.24) is 0 Å². The molecular formula is C9H14. The number of hydrogen-bond acceptors (Lipinski definition) is 0. The van der Waals surface area contributed by atoms with Crippen LogP contribution in [-0.4, -0.2) is 0 Å². The van der Waals surface area contributed by atoms with Crippen molar-refractivity contribution in [2.75, 3.05) is 0 Å². The standard InChI is InChI=1S/C9H14/c1-2-7(1)9(5-6-9)8-3-4-8/h7-8H,1-6H2. The first-order chi connectivity index (χ1) is 4.42. The largest absolute Gasteiger partial charge is 0.0496 e. The molecule has 3 aliphatic carbocycles. The summed E-state index contributed by atoms with van der Waals surface area (Å²) in [7, 11) is 0. The first-order valence-corrected chi connectivity index (χ1v) is 4.42. The Kier molecular flexibility index (Phi) is 0.640. The van der Waals surface area contributed by atoms with Gasteiger partial charge in [-0.2, -0.15) is 0 Å². The van der Waals surface area contributed by atoms with Crippen molar-refractivity contribution in [2.24, 2.45) is 17.3 Å². The Hall–Kier alpha value is 0. The minimum absolute atomic E-state index is 0.972. The van der Waals surface area contributed by atoms with Crippen LogP contribution in [0.2, 0.25) is 0 Å².